The molecule has 2 aromatic rings. The van der Waals surface area contributed by atoms with Crippen molar-refractivity contribution >= 4 is 33.7 Å². The van der Waals surface area contributed by atoms with E-state index < -0.39 is 5.97 Å². The lowest BCUT2D eigenvalue weighted by Gasteiger charge is -2.05. The molecule has 2 N–H and O–H groups in total. The van der Waals surface area contributed by atoms with Crippen molar-refractivity contribution in [1.82, 2.24) is 14.8 Å². The molecule has 1 aromatic carbocycles. The van der Waals surface area contributed by atoms with E-state index in [0.29, 0.717) is 14.5 Å². The van der Waals surface area contributed by atoms with Crippen LogP contribution in [-0.4, -0.2) is 25.8 Å². The average Bonchev–Trinajstić information content (AvgIpc) is 2.63. The lowest BCUT2D eigenvalue weighted by molar-refractivity contribution is 0.0693. The van der Waals surface area contributed by atoms with E-state index in [9.17, 15) is 9.59 Å². The second kappa shape index (κ2) is 4.99. The standard InChI is InChI=1S/C10H8BrN3O3S/c1-14-9(17)12-13-10(14)18-7-3-2-5(11)4-6(7)8(15)16/h2-4H,1H3,(H,12,17)(H,15,16). The summed E-state index contributed by atoms with van der Waals surface area (Å²) in [6.45, 7) is 0. The number of aromatic nitrogens is 3. The summed E-state index contributed by atoms with van der Waals surface area (Å²) in [5, 5.41) is 15.6. The van der Waals surface area contributed by atoms with Gasteiger partial charge in [-0.15, -0.1) is 5.10 Å². The summed E-state index contributed by atoms with van der Waals surface area (Å²) in [6.07, 6.45) is 0. The molecule has 0 saturated heterocycles. The molecule has 6 nitrogen and oxygen atoms in total. The lowest BCUT2D eigenvalue weighted by Crippen LogP contribution is -2.12. The zero-order valence-corrected chi connectivity index (χ0v) is 11.6. The first-order valence-electron chi connectivity index (χ1n) is 4.81. The van der Waals surface area contributed by atoms with Crippen LogP contribution in [0.15, 0.2) is 37.5 Å². The van der Waals surface area contributed by atoms with Crippen LogP contribution in [-0.2, 0) is 7.05 Å². The van der Waals surface area contributed by atoms with Crippen LogP contribution in [0.3, 0.4) is 0 Å². The van der Waals surface area contributed by atoms with Gasteiger partial charge >= 0.3 is 11.7 Å². The zero-order chi connectivity index (χ0) is 13.3. The van der Waals surface area contributed by atoms with Gasteiger partial charge in [0.1, 0.15) is 0 Å². The third kappa shape index (κ3) is 2.49. The molecule has 0 amide bonds. The topological polar surface area (TPSA) is 88.0 Å². The Kier molecular flexibility index (Phi) is 3.58. The van der Waals surface area contributed by atoms with Gasteiger partial charge in [-0.2, -0.15) is 0 Å². The van der Waals surface area contributed by atoms with Crippen LogP contribution in [0.2, 0.25) is 0 Å². The first-order chi connectivity index (χ1) is 8.49. The number of benzene rings is 1. The van der Waals surface area contributed by atoms with Crippen molar-refractivity contribution in [2.45, 2.75) is 10.1 Å². The molecule has 0 unspecified atom stereocenters. The van der Waals surface area contributed by atoms with Crippen molar-refractivity contribution in [3.63, 3.8) is 0 Å². The number of rotatable bonds is 3. The molecule has 0 radical (unpaired) electrons. The third-order valence-electron chi connectivity index (χ3n) is 2.21. The first-order valence-corrected chi connectivity index (χ1v) is 6.42. The fourth-order valence-electron chi connectivity index (χ4n) is 1.28. The van der Waals surface area contributed by atoms with Gasteiger partial charge in [-0.25, -0.2) is 14.7 Å². The lowest BCUT2D eigenvalue weighted by atomic mass is 10.2. The van der Waals surface area contributed by atoms with Crippen LogP contribution in [0.25, 0.3) is 0 Å². The molecular weight excluding hydrogens is 322 g/mol. The number of hydrogen-bond donors (Lipinski definition) is 2. The Morgan fingerprint density at radius 3 is 2.83 bits per heavy atom. The maximum Gasteiger partial charge on any atom is 0.343 e. The number of aromatic carboxylic acids is 1. The first kappa shape index (κ1) is 12.9. The van der Waals surface area contributed by atoms with Crippen LogP contribution in [0, 0.1) is 0 Å². The van der Waals surface area contributed by atoms with Gasteiger partial charge in [-0.3, -0.25) is 4.57 Å². The second-order valence-corrected chi connectivity index (χ2v) is 5.34. The van der Waals surface area contributed by atoms with E-state index in [1.165, 1.54) is 10.6 Å². The van der Waals surface area contributed by atoms with Gasteiger partial charge in [0, 0.05) is 16.4 Å². The normalized spacial score (nSPS) is 10.6. The number of nitrogens with one attached hydrogen (secondary N) is 1. The van der Waals surface area contributed by atoms with Gasteiger partial charge in [0.15, 0.2) is 5.16 Å². The molecule has 1 heterocycles. The van der Waals surface area contributed by atoms with Gasteiger partial charge < -0.3 is 5.11 Å². The monoisotopic (exact) mass is 329 g/mol. The minimum absolute atomic E-state index is 0.157. The molecule has 0 aliphatic carbocycles. The van der Waals surface area contributed by atoms with E-state index in [-0.39, 0.29) is 11.3 Å². The van der Waals surface area contributed by atoms with Gasteiger partial charge in [0.25, 0.3) is 0 Å². The highest BCUT2D eigenvalue weighted by atomic mass is 79.9. The number of aromatic amines is 1. The van der Waals surface area contributed by atoms with Crippen LogP contribution >= 0.6 is 27.7 Å². The third-order valence-corrected chi connectivity index (χ3v) is 3.83. The smallest absolute Gasteiger partial charge is 0.343 e. The summed E-state index contributed by atoms with van der Waals surface area (Å²) in [6, 6.07) is 4.91. The van der Waals surface area contributed by atoms with Gasteiger partial charge in [-0.05, 0) is 30.0 Å². The second-order valence-electron chi connectivity index (χ2n) is 3.42. The summed E-state index contributed by atoms with van der Waals surface area (Å²) in [5.41, 5.74) is -0.184. The van der Waals surface area contributed by atoms with Crippen LogP contribution < -0.4 is 5.69 Å². The molecule has 0 spiro atoms. The van der Waals surface area contributed by atoms with Gasteiger partial charge in [0.05, 0.1) is 5.56 Å². The highest BCUT2D eigenvalue weighted by Gasteiger charge is 2.14. The zero-order valence-electron chi connectivity index (χ0n) is 9.18. The number of halogens is 1. The fraction of sp³-hybridized carbons (Fsp3) is 0.100. The Morgan fingerprint density at radius 2 is 2.28 bits per heavy atom. The SMILES string of the molecule is Cn1c(Sc2ccc(Br)cc2C(=O)O)n[nH]c1=O. The Morgan fingerprint density at radius 1 is 1.56 bits per heavy atom. The summed E-state index contributed by atoms with van der Waals surface area (Å²) in [7, 11) is 1.56. The number of H-pyrrole nitrogens is 1. The molecule has 0 saturated carbocycles. The van der Waals surface area contributed by atoms with Crippen LogP contribution in [0.1, 0.15) is 10.4 Å². The summed E-state index contributed by atoms with van der Waals surface area (Å²) in [5.74, 6) is -1.03. The maximum atomic E-state index is 11.2. The van der Waals surface area contributed by atoms with E-state index in [2.05, 4.69) is 26.1 Å². The van der Waals surface area contributed by atoms with Gasteiger partial charge in [0.2, 0.25) is 0 Å². The maximum absolute atomic E-state index is 11.2. The van der Waals surface area contributed by atoms with E-state index in [1.54, 1.807) is 19.2 Å². The molecule has 0 bridgehead atoms. The van der Waals surface area contributed by atoms with Crippen molar-refractivity contribution in [3.05, 3.63) is 38.7 Å². The molecule has 94 valence electrons. The fourth-order valence-corrected chi connectivity index (χ4v) is 2.54. The Bertz CT molecular complexity index is 665. The molecule has 0 aliphatic rings. The van der Waals surface area contributed by atoms with Crippen molar-refractivity contribution in [2.24, 2.45) is 7.05 Å². The summed E-state index contributed by atoms with van der Waals surface area (Å²) < 4.78 is 2.00. The van der Waals surface area contributed by atoms with Crippen molar-refractivity contribution in [2.75, 3.05) is 0 Å². The number of carboxylic acid groups (broad SMARTS) is 1. The molecule has 8 heteroatoms. The predicted octanol–water partition coefficient (Wildman–Crippen LogP) is 1.72. The molecular formula is C10H8BrN3O3S. The molecule has 0 fully saturated rings. The van der Waals surface area contributed by atoms with Crippen molar-refractivity contribution in [1.29, 1.82) is 0 Å². The van der Waals surface area contributed by atoms with Crippen molar-refractivity contribution < 1.29 is 9.90 Å². The molecule has 0 atom stereocenters. The Balaban J connectivity index is 2.43. The highest BCUT2D eigenvalue weighted by molar-refractivity contribution is 9.10. The Labute approximate surface area is 114 Å². The van der Waals surface area contributed by atoms with E-state index >= 15 is 0 Å². The minimum Gasteiger partial charge on any atom is -0.478 e. The predicted molar refractivity (Wildman–Crippen MR) is 69.1 cm³/mol. The largest absolute Gasteiger partial charge is 0.478 e. The van der Waals surface area contributed by atoms with Crippen LogP contribution in [0.5, 0.6) is 0 Å². The summed E-state index contributed by atoms with van der Waals surface area (Å²) >= 11 is 4.34. The number of carbonyl (C=O) groups is 1. The number of hydrogen-bond acceptors (Lipinski definition) is 4. The van der Waals surface area contributed by atoms with E-state index in [1.807, 2.05) is 0 Å². The van der Waals surface area contributed by atoms with Crippen LogP contribution in [0.4, 0.5) is 0 Å². The number of carboxylic acids is 1. The molecule has 18 heavy (non-hydrogen) atoms. The summed E-state index contributed by atoms with van der Waals surface area (Å²) in [4.78, 5) is 22.9. The van der Waals surface area contributed by atoms with Gasteiger partial charge in [-0.1, -0.05) is 15.9 Å². The Hall–Kier alpha value is -1.54. The minimum atomic E-state index is -1.03. The molecule has 1 aromatic heterocycles. The average molecular weight is 330 g/mol. The van der Waals surface area contributed by atoms with E-state index in [0.717, 1.165) is 11.8 Å². The molecule has 0 aliphatic heterocycles. The quantitative estimate of drug-likeness (QED) is 0.895. The highest BCUT2D eigenvalue weighted by Crippen LogP contribution is 2.30. The number of nitrogens with zero attached hydrogens (tertiary/aromatic N) is 2. The molecule has 2 rings (SSSR count). The van der Waals surface area contributed by atoms with E-state index in [4.69, 9.17) is 5.11 Å². The van der Waals surface area contributed by atoms with Crippen molar-refractivity contribution in [3.8, 4) is 0 Å².